The standard InChI is InChI=1S/C19H27N3O/c1-15-7-4-5-11-22(15)12-6-10-20-19(23)13-16-14-21-18-9-3-2-8-17(16)18/h2-3,8-9,14-15,21H,4-7,10-13H2,1H3,(H,20,23)/t15-/m0/s1. The van der Waals surface area contributed by atoms with Crippen molar-refractivity contribution in [2.24, 2.45) is 0 Å². The zero-order chi connectivity index (χ0) is 16.1. The number of fused-ring (bicyclic) bond motifs is 1. The van der Waals surface area contributed by atoms with Gasteiger partial charge in [0.25, 0.3) is 0 Å². The van der Waals surface area contributed by atoms with E-state index >= 15 is 0 Å². The molecule has 4 nitrogen and oxygen atoms in total. The van der Waals surface area contributed by atoms with Crippen LogP contribution in [0.3, 0.4) is 0 Å². The summed E-state index contributed by atoms with van der Waals surface area (Å²) in [5.41, 5.74) is 2.16. The van der Waals surface area contributed by atoms with Gasteiger partial charge < -0.3 is 15.2 Å². The number of piperidine rings is 1. The average molecular weight is 313 g/mol. The summed E-state index contributed by atoms with van der Waals surface area (Å²) >= 11 is 0. The normalized spacial score (nSPS) is 19.1. The summed E-state index contributed by atoms with van der Waals surface area (Å²) in [4.78, 5) is 17.9. The van der Waals surface area contributed by atoms with E-state index < -0.39 is 0 Å². The van der Waals surface area contributed by atoms with Crippen LogP contribution in [0.1, 0.15) is 38.2 Å². The van der Waals surface area contributed by atoms with Crippen LogP contribution in [0.5, 0.6) is 0 Å². The molecule has 1 aromatic carbocycles. The quantitative estimate of drug-likeness (QED) is 0.805. The number of benzene rings is 1. The van der Waals surface area contributed by atoms with Crippen molar-refractivity contribution in [1.82, 2.24) is 15.2 Å². The van der Waals surface area contributed by atoms with Crippen molar-refractivity contribution in [2.75, 3.05) is 19.6 Å². The molecule has 1 atom stereocenters. The Labute approximate surface area is 138 Å². The third-order valence-corrected chi connectivity index (χ3v) is 4.91. The Bertz CT molecular complexity index is 649. The van der Waals surface area contributed by atoms with Crippen LogP contribution in [-0.2, 0) is 11.2 Å². The van der Waals surface area contributed by atoms with Gasteiger partial charge >= 0.3 is 0 Å². The molecule has 124 valence electrons. The van der Waals surface area contributed by atoms with Gasteiger partial charge in [0.15, 0.2) is 0 Å². The molecule has 0 spiro atoms. The molecular weight excluding hydrogens is 286 g/mol. The Hall–Kier alpha value is -1.81. The van der Waals surface area contributed by atoms with E-state index in [0.717, 1.165) is 36.0 Å². The first-order chi connectivity index (χ1) is 11.2. The monoisotopic (exact) mass is 313 g/mol. The van der Waals surface area contributed by atoms with Crippen molar-refractivity contribution in [3.8, 4) is 0 Å². The Balaban J connectivity index is 1.41. The van der Waals surface area contributed by atoms with Crippen LogP contribution in [0, 0.1) is 0 Å². The van der Waals surface area contributed by atoms with Gasteiger partial charge in [-0.3, -0.25) is 4.79 Å². The lowest BCUT2D eigenvalue weighted by atomic mass is 10.0. The van der Waals surface area contributed by atoms with E-state index in [9.17, 15) is 4.79 Å². The minimum Gasteiger partial charge on any atom is -0.361 e. The summed E-state index contributed by atoms with van der Waals surface area (Å²) in [5.74, 6) is 0.112. The Kier molecular flexibility index (Phi) is 5.34. The number of H-pyrrole nitrogens is 1. The van der Waals surface area contributed by atoms with Crippen molar-refractivity contribution in [3.05, 3.63) is 36.0 Å². The van der Waals surface area contributed by atoms with Crippen LogP contribution in [0.25, 0.3) is 10.9 Å². The molecule has 23 heavy (non-hydrogen) atoms. The number of carbonyl (C=O) groups is 1. The fourth-order valence-electron chi connectivity index (χ4n) is 3.51. The van der Waals surface area contributed by atoms with E-state index in [2.05, 4.69) is 28.2 Å². The maximum Gasteiger partial charge on any atom is 0.224 e. The Morgan fingerprint density at radius 1 is 1.35 bits per heavy atom. The fraction of sp³-hybridized carbons (Fsp3) is 0.526. The first kappa shape index (κ1) is 16.1. The van der Waals surface area contributed by atoms with E-state index in [1.807, 2.05) is 24.4 Å². The molecule has 0 bridgehead atoms. The smallest absolute Gasteiger partial charge is 0.224 e. The van der Waals surface area contributed by atoms with Crippen LogP contribution in [0.15, 0.2) is 30.5 Å². The molecule has 1 saturated heterocycles. The summed E-state index contributed by atoms with van der Waals surface area (Å²) < 4.78 is 0. The molecule has 4 heteroatoms. The summed E-state index contributed by atoms with van der Waals surface area (Å²) in [7, 11) is 0. The van der Waals surface area contributed by atoms with E-state index in [-0.39, 0.29) is 5.91 Å². The zero-order valence-electron chi connectivity index (χ0n) is 14.0. The zero-order valence-corrected chi connectivity index (χ0v) is 14.0. The molecule has 1 aliphatic heterocycles. The molecule has 2 heterocycles. The van der Waals surface area contributed by atoms with E-state index in [0.29, 0.717) is 12.5 Å². The average Bonchev–Trinajstić information content (AvgIpc) is 2.96. The number of amides is 1. The third kappa shape index (κ3) is 4.14. The summed E-state index contributed by atoms with van der Waals surface area (Å²) in [6.07, 6.45) is 7.41. The molecule has 1 amide bonds. The van der Waals surface area contributed by atoms with Gasteiger partial charge in [-0.25, -0.2) is 0 Å². The van der Waals surface area contributed by atoms with E-state index in [1.54, 1.807) is 0 Å². The van der Waals surface area contributed by atoms with Gasteiger partial charge in [0.2, 0.25) is 5.91 Å². The van der Waals surface area contributed by atoms with Crippen molar-refractivity contribution >= 4 is 16.8 Å². The van der Waals surface area contributed by atoms with Gasteiger partial charge in [0.1, 0.15) is 0 Å². The van der Waals surface area contributed by atoms with Gasteiger partial charge in [-0.1, -0.05) is 24.6 Å². The largest absolute Gasteiger partial charge is 0.361 e. The second-order valence-corrected chi connectivity index (χ2v) is 6.62. The lowest BCUT2D eigenvalue weighted by Crippen LogP contribution is -2.39. The van der Waals surface area contributed by atoms with Gasteiger partial charge in [0, 0.05) is 36.2 Å². The Morgan fingerprint density at radius 3 is 3.09 bits per heavy atom. The molecule has 3 rings (SSSR count). The molecule has 2 N–H and O–H groups in total. The number of para-hydroxylation sites is 1. The number of hydrogen-bond donors (Lipinski definition) is 2. The summed E-state index contributed by atoms with van der Waals surface area (Å²) in [6, 6.07) is 8.82. The molecule has 0 unspecified atom stereocenters. The lowest BCUT2D eigenvalue weighted by Gasteiger charge is -2.33. The molecule has 0 radical (unpaired) electrons. The number of nitrogens with zero attached hydrogens (tertiary/aromatic N) is 1. The van der Waals surface area contributed by atoms with Gasteiger partial charge in [-0.2, -0.15) is 0 Å². The Morgan fingerprint density at radius 2 is 2.22 bits per heavy atom. The van der Waals surface area contributed by atoms with Crippen LogP contribution < -0.4 is 5.32 Å². The highest BCUT2D eigenvalue weighted by Gasteiger charge is 2.17. The van der Waals surface area contributed by atoms with Gasteiger partial charge in [-0.15, -0.1) is 0 Å². The van der Waals surface area contributed by atoms with Gasteiger partial charge in [0.05, 0.1) is 6.42 Å². The first-order valence-corrected chi connectivity index (χ1v) is 8.80. The van der Waals surface area contributed by atoms with Crippen molar-refractivity contribution in [3.63, 3.8) is 0 Å². The molecule has 2 aromatic rings. The number of hydrogen-bond acceptors (Lipinski definition) is 2. The maximum absolute atomic E-state index is 12.1. The molecule has 1 fully saturated rings. The lowest BCUT2D eigenvalue weighted by molar-refractivity contribution is -0.120. The third-order valence-electron chi connectivity index (χ3n) is 4.91. The summed E-state index contributed by atoms with van der Waals surface area (Å²) in [5, 5.41) is 4.20. The minimum absolute atomic E-state index is 0.112. The van der Waals surface area contributed by atoms with Crippen molar-refractivity contribution in [2.45, 2.75) is 45.1 Å². The van der Waals surface area contributed by atoms with Gasteiger partial charge in [-0.05, 0) is 44.4 Å². The van der Waals surface area contributed by atoms with E-state index in [4.69, 9.17) is 0 Å². The van der Waals surface area contributed by atoms with Crippen LogP contribution in [0.4, 0.5) is 0 Å². The fourth-order valence-corrected chi connectivity index (χ4v) is 3.51. The predicted molar refractivity (Wildman–Crippen MR) is 94.5 cm³/mol. The number of rotatable bonds is 6. The van der Waals surface area contributed by atoms with Crippen molar-refractivity contribution < 1.29 is 4.79 Å². The number of nitrogens with one attached hydrogen (secondary N) is 2. The predicted octanol–water partition coefficient (Wildman–Crippen LogP) is 3.09. The highest BCUT2D eigenvalue weighted by molar-refractivity contribution is 5.88. The molecule has 1 aliphatic rings. The summed E-state index contributed by atoms with van der Waals surface area (Å²) in [6.45, 7) is 5.39. The van der Waals surface area contributed by atoms with Crippen LogP contribution in [0.2, 0.25) is 0 Å². The molecule has 0 saturated carbocycles. The molecule has 0 aliphatic carbocycles. The second kappa shape index (κ2) is 7.64. The minimum atomic E-state index is 0.112. The van der Waals surface area contributed by atoms with Crippen molar-refractivity contribution in [1.29, 1.82) is 0 Å². The molecule has 1 aromatic heterocycles. The number of aromatic amines is 1. The SMILES string of the molecule is C[C@H]1CCCCN1CCCNC(=O)Cc1c[nH]c2ccccc12. The van der Waals surface area contributed by atoms with E-state index in [1.165, 1.54) is 25.8 Å². The van der Waals surface area contributed by atoms with Crippen LogP contribution in [-0.4, -0.2) is 41.5 Å². The second-order valence-electron chi connectivity index (χ2n) is 6.62. The molecular formula is C19H27N3O. The maximum atomic E-state index is 12.1. The topological polar surface area (TPSA) is 48.1 Å². The number of aromatic nitrogens is 1. The number of carbonyl (C=O) groups excluding carboxylic acids is 1. The highest BCUT2D eigenvalue weighted by atomic mass is 16.1. The van der Waals surface area contributed by atoms with Crippen LogP contribution >= 0.6 is 0 Å². The first-order valence-electron chi connectivity index (χ1n) is 8.80. The number of likely N-dealkylation sites (tertiary alicyclic amines) is 1. The highest BCUT2D eigenvalue weighted by Crippen LogP contribution is 2.18.